The Kier molecular flexibility index (Phi) is 8.20. The van der Waals surface area contributed by atoms with Crippen molar-refractivity contribution < 1.29 is 28.7 Å². The van der Waals surface area contributed by atoms with Gasteiger partial charge >= 0.3 is 12.1 Å². The van der Waals surface area contributed by atoms with E-state index < -0.39 is 41.8 Å². The van der Waals surface area contributed by atoms with Gasteiger partial charge < -0.3 is 9.47 Å². The molecule has 2 amide bonds. The Labute approximate surface area is 248 Å². The maximum atomic E-state index is 14.3. The molecule has 2 saturated heterocycles. The topological polar surface area (TPSA) is 85.4 Å². The van der Waals surface area contributed by atoms with Crippen LogP contribution in [0.2, 0.25) is 0 Å². The number of halogens is 1. The van der Waals surface area contributed by atoms with Crippen molar-refractivity contribution in [2.75, 3.05) is 11.7 Å². The summed E-state index contributed by atoms with van der Waals surface area (Å²) in [5, 5.41) is 1.66. The zero-order chi connectivity index (χ0) is 29.3. The lowest BCUT2D eigenvalue weighted by atomic mass is 9.88. The van der Waals surface area contributed by atoms with Crippen molar-refractivity contribution in [1.82, 2.24) is 4.90 Å². The number of hydrogen-bond acceptors (Lipinski definition) is 7. The van der Waals surface area contributed by atoms with Gasteiger partial charge in [-0.3, -0.25) is 9.63 Å². The zero-order valence-electron chi connectivity index (χ0n) is 23.5. The molecule has 0 bridgehead atoms. The van der Waals surface area contributed by atoms with Crippen LogP contribution in [0.15, 0.2) is 83.3 Å². The number of ether oxygens (including phenoxy) is 2. The fourth-order valence-corrected chi connectivity index (χ4v) is 5.57. The Morgan fingerprint density at radius 2 is 1.71 bits per heavy atom. The zero-order valence-corrected chi connectivity index (χ0v) is 25.0. The summed E-state index contributed by atoms with van der Waals surface area (Å²) in [6, 6.07) is 23.3. The molecule has 0 aliphatic carbocycles. The van der Waals surface area contributed by atoms with Gasteiger partial charge in [0.25, 0.3) is 0 Å². The van der Waals surface area contributed by atoms with Crippen LogP contribution in [0.25, 0.3) is 0 Å². The third-order valence-electron chi connectivity index (χ3n) is 7.12. The molecule has 5 rings (SSSR count). The Hall–Kier alpha value is -3.69. The first-order chi connectivity index (χ1) is 19.5. The first-order valence-electron chi connectivity index (χ1n) is 13.6. The molecule has 8 nitrogen and oxygen atoms in total. The second-order valence-corrected chi connectivity index (χ2v) is 12.3. The van der Waals surface area contributed by atoms with Gasteiger partial charge in [-0.25, -0.2) is 19.6 Å². The molecule has 0 radical (unpaired) electrons. The summed E-state index contributed by atoms with van der Waals surface area (Å²) in [5.74, 6) is -1.55. The molecule has 9 heteroatoms. The highest BCUT2D eigenvalue weighted by atomic mass is 79.9. The molecule has 2 fully saturated rings. The molecule has 0 spiro atoms. The van der Waals surface area contributed by atoms with Crippen molar-refractivity contribution in [2.24, 2.45) is 5.92 Å². The monoisotopic (exact) mass is 620 g/mol. The number of esters is 1. The molecule has 3 aromatic carbocycles. The molecule has 214 valence electrons. The van der Waals surface area contributed by atoms with E-state index >= 15 is 0 Å². The average molecular weight is 622 g/mol. The molecule has 2 aliphatic rings. The van der Waals surface area contributed by atoms with Crippen molar-refractivity contribution in [3.63, 3.8) is 0 Å². The van der Waals surface area contributed by atoms with Gasteiger partial charge in [0, 0.05) is 4.47 Å². The van der Waals surface area contributed by atoms with Crippen molar-refractivity contribution in [1.29, 1.82) is 0 Å². The largest absolute Gasteiger partial charge is 0.456 e. The minimum atomic E-state index is -0.731. The van der Waals surface area contributed by atoms with Crippen molar-refractivity contribution in [3.05, 3.63) is 100 Å². The van der Waals surface area contributed by atoms with Crippen molar-refractivity contribution >= 4 is 39.6 Å². The van der Waals surface area contributed by atoms with E-state index in [2.05, 4.69) is 15.9 Å². The number of nitrogens with zero attached hydrogens (tertiary/aromatic N) is 2. The molecule has 2 aliphatic heterocycles. The van der Waals surface area contributed by atoms with Gasteiger partial charge in [-0.05, 0) is 75.6 Å². The highest BCUT2D eigenvalue weighted by Crippen LogP contribution is 2.44. The predicted molar refractivity (Wildman–Crippen MR) is 157 cm³/mol. The number of imide groups is 1. The number of rotatable bonds is 6. The Balaban J connectivity index is 1.50. The van der Waals surface area contributed by atoms with Crippen molar-refractivity contribution in [2.45, 2.75) is 57.9 Å². The fourth-order valence-electron chi connectivity index (χ4n) is 5.31. The summed E-state index contributed by atoms with van der Waals surface area (Å²) in [5.41, 5.74) is 2.14. The van der Waals surface area contributed by atoms with Gasteiger partial charge in [0.05, 0.1) is 35.4 Å². The number of hydrogen-bond donors (Lipinski definition) is 0. The fraction of sp³-hybridized carbons (Fsp3) is 0.344. The smallest absolute Gasteiger partial charge is 0.416 e. The normalized spacial score (nSPS) is 22.5. The van der Waals surface area contributed by atoms with Gasteiger partial charge in [-0.15, -0.1) is 0 Å². The standard InChI is InChI=1S/C32H33BrN2O6/c1-20-27(29(36)34-26(19-39-31(34)38)17-21-9-6-5-7-10-21)28(22-13-15-24(33)16-14-22)35(41-20)25-12-8-11-23(18-25)30(37)40-32(2,3)4/h5-16,18,20,26-28H,17,19H2,1-4H3/t20-,26+,27-,28+/m0/s1. The van der Waals surface area contributed by atoms with Crippen molar-refractivity contribution in [3.8, 4) is 0 Å². The van der Waals surface area contributed by atoms with Gasteiger partial charge in [0.1, 0.15) is 12.2 Å². The summed E-state index contributed by atoms with van der Waals surface area (Å²) in [7, 11) is 0. The van der Waals surface area contributed by atoms with Crippen LogP contribution in [0.3, 0.4) is 0 Å². The highest BCUT2D eigenvalue weighted by molar-refractivity contribution is 9.10. The molecule has 2 heterocycles. The molecule has 0 saturated carbocycles. The maximum absolute atomic E-state index is 14.3. The lowest BCUT2D eigenvalue weighted by Crippen LogP contribution is -2.46. The second kappa shape index (κ2) is 11.7. The van der Waals surface area contributed by atoms with Crippen LogP contribution < -0.4 is 5.06 Å². The van der Waals surface area contributed by atoms with Crippen LogP contribution in [0.4, 0.5) is 10.5 Å². The highest BCUT2D eigenvalue weighted by Gasteiger charge is 2.51. The van der Waals surface area contributed by atoms with Crippen LogP contribution in [-0.4, -0.2) is 47.2 Å². The van der Waals surface area contributed by atoms with Crippen LogP contribution in [0, 0.1) is 5.92 Å². The van der Waals surface area contributed by atoms with E-state index in [0.717, 1.165) is 15.6 Å². The van der Waals surface area contributed by atoms with E-state index in [9.17, 15) is 14.4 Å². The summed E-state index contributed by atoms with van der Waals surface area (Å²) in [4.78, 5) is 47.6. The molecule has 0 unspecified atom stereocenters. The summed E-state index contributed by atoms with van der Waals surface area (Å²) in [6.07, 6.45) is -0.736. The van der Waals surface area contributed by atoms with E-state index in [1.165, 1.54) is 4.90 Å². The lowest BCUT2D eigenvalue weighted by molar-refractivity contribution is -0.135. The van der Waals surface area contributed by atoms with E-state index in [-0.39, 0.29) is 12.5 Å². The molecule has 41 heavy (non-hydrogen) atoms. The van der Waals surface area contributed by atoms with E-state index in [1.807, 2.05) is 88.4 Å². The SMILES string of the molecule is C[C@@H]1ON(c2cccc(C(=O)OC(C)(C)C)c2)[C@H](c2ccc(Br)cc2)[C@H]1C(=O)N1C(=O)OC[C@H]1Cc1ccccc1. The molecular formula is C32H33BrN2O6. The quantitative estimate of drug-likeness (QED) is 0.291. The number of carbonyl (C=O) groups is 3. The van der Waals surface area contributed by atoms with Crippen LogP contribution in [0.1, 0.15) is 55.2 Å². The Morgan fingerprint density at radius 3 is 2.39 bits per heavy atom. The molecule has 0 aromatic heterocycles. The first-order valence-corrected chi connectivity index (χ1v) is 14.4. The first kappa shape index (κ1) is 28.8. The number of cyclic esters (lactones) is 1. The number of anilines is 1. The minimum Gasteiger partial charge on any atom is -0.456 e. The summed E-state index contributed by atoms with van der Waals surface area (Å²) < 4.78 is 11.8. The molecular weight excluding hydrogens is 588 g/mol. The van der Waals surface area contributed by atoms with Crippen LogP contribution in [0.5, 0.6) is 0 Å². The molecule has 0 N–H and O–H groups in total. The summed E-state index contributed by atoms with van der Waals surface area (Å²) in [6.45, 7) is 7.39. The number of amides is 2. The summed E-state index contributed by atoms with van der Waals surface area (Å²) >= 11 is 3.49. The third kappa shape index (κ3) is 6.31. The van der Waals surface area contributed by atoms with Gasteiger partial charge in [-0.1, -0.05) is 64.5 Å². The average Bonchev–Trinajstić information content (AvgIpc) is 3.47. The minimum absolute atomic E-state index is 0.131. The van der Waals surface area contributed by atoms with E-state index in [0.29, 0.717) is 17.7 Å². The van der Waals surface area contributed by atoms with Gasteiger partial charge in [-0.2, -0.15) is 0 Å². The van der Waals surface area contributed by atoms with Crippen LogP contribution in [-0.2, 0) is 25.5 Å². The lowest BCUT2D eigenvalue weighted by Gasteiger charge is -2.30. The van der Waals surface area contributed by atoms with E-state index in [4.69, 9.17) is 14.3 Å². The predicted octanol–water partition coefficient (Wildman–Crippen LogP) is 6.49. The number of hydroxylamine groups is 1. The molecule has 4 atom stereocenters. The second-order valence-electron chi connectivity index (χ2n) is 11.3. The molecule has 3 aromatic rings. The number of carbonyl (C=O) groups excluding carboxylic acids is 3. The maximum Gasteiger partial charge on any atom is 0.416 e. The Morgan fingerprint density at radius 1 is 1.00 bits per heavy atom. The third-order valence-corrected chi connectivity index (χ3v) is 7.65. The Bertz CT molecular complexity index is 1420. The number of benzene rings is 3. The van der Waals surface area contributed by atoms with Gasteiger partial charge in [0.2, 0.25) is 5.91 Å². The van der Waals surface area contributed by atoms with Gasteiger partial charge in [0.15, 0.2) is 0 Å². The van der Waals surface area contributed by atoms with E-state index in [1.54, 1.807) is 23.3 Å². The van der Waals surface area contributed by atoms with Crippen LogP contribution >= 0.6 is 15.9 Å².